The summed E-state index contributed by atoms with van der Waals surface area (Å²) in [6.07, 6.45) is 4.44. The third-order valence-electron chi connectivity index (χ3n) is 3.38. The number of nitrogens with zero attached hydrogens (tertiary/aromatic N) is 1. The summed E-state index contributed by atoms with van der Waals surface area (Å²) in [6, 6.07) is 0.0506. The van der Waals surface area contributed by atoms with Crippen LogP contribution in [0.25, 0.3) is 0 Å². The Morgan fingerprint density at radius 3 is 2.89 bits per heavy atom. The molecule has 1 amide bonds. The summed E-state index contributed by atoms with van der Waals surface area (Å²) in [5, 5.41) is 12.2. The second kappa shape index (κ2) is 5.30. The maximum atomic E-state index is 11.9. The van der Waals surface area contributed by atoms with Crippen molar-refractivity contribution in [3.63, 3.8) is 0 Å². The number of hydrogen-bond donors (Lipinski definition) is 3. The summed E-state index contributed by atoms with van der Waals surface area (Å²) in [6.45, 7) is 2.00. The summed E-state index contributed by atoms with van der Waals surface area (Å²) < 4.78 is 0. The van der Waals surface area contributed by atoms with E-state index in [4.69, 9.17) is 0 Å². The van der Waals surface area contributed by atoms with Gasteiger partial charge in [-0.1, -0.05) is 6.92 Å². The van der Waals surface area contributed by atoms with E-state index in [9.17, 15) is 14.7 Å². The van der Waals surface area contributed by atoms with Crippen molar-refractivity contribution < 1.29 is 9.90 Å². The predicted octanol–water partition coefficient (Wildman–Crippen LogP) is 0.0492. The first-order valence-corrected chi connectivity index (χ1v) is 6.13. The average molecular weight is 251 g/mol. The standard InChI is InChI=1S/C12H17N3O3/c1-2-9(7-3-8(16)4-7)15-12(18)10-5-14-11(17)6-13-10/h5-9,16H,2-4H2,1H3,(H,14,17)(H,15,18)/t7?,8?,9-/m0/s1. The molecule has 1 aromatic rings. The van der Waals surface area contributed by atoms with Gasteiger partial charge in [-0.25, -0.2) is 4.98 Å². The Hall–Kier alpha value is -1.69. The molecule has 1 aromatic heterocycles. The van der Waals surface area contributed by atoms with Crippen molar-refractivity contribution in [2.45, 2.75) is 38.3 Å². The Bertz CT molecular complexity index is 459. The molecule has 6 nitrogen and oxygen atoms in total. The van der Waals surface area contributed by atoms with Crippen LogP contribution in [-0.4, -0.2) is 33.1 Å². The Morgan fingerprint density at radius 2 is 2.39 bits per heavy atom. The van der Waals surface area contributed by atoms with Crippen LogP contribution in [0.3, 0.4) is 0 Å². The predicted molar refractivity (Wildman–Crippen MR) is 65.1 cm³/mol. The second-order valence-electron chi connectivity index (χ2n) is 4.67. The zero-order valence-corrected chi connectivity index (χ0v) is 10.2. The molecule has 1 aliphatic rings. The van der Waals surface area contributed by atoms with E-state index >= 15 is 0 Å². The van der Waals surface area contributed by atoms with E-state index in [0.717, 1.165) is 25.5 Å². The molecule has 0 unspecified atom stereocenters. The highest BCUT2D eigenvalue weighted by Crippen LogP contribution is 2.31. The first-order chi connectivity index (χ1) is 8.60. The van der Waals surface area contributed by atoms with Crippen LogP contribution in [0.2, 0.25) is 0 Å². The van der Waals surface area contributed by atoms with Crippen molar-refractivity contribution in [1.29, 1.82) is 0 Å². The van der Waals surface area contributed by atoms with Crippen LogP contribution in [0.5, 0.6) is 0 Å². The van der Waals surface area contributed by atoms with Gasteiger partial charge < -0.3 is 15.4 Å². The van der Waals surface area contributed by atoms with E-state index in [1.807, 2.05) is 6.92 Å². The maximum absolute atomic E-state index is 11.9. The molecular weight excluding hydrogens is 234 g/mol. The smallest absolute Gasteiger partial charge is 0.271 e. The molecule has 0 aliphatic heterocycles. The molecule has 1 saturated carbocycles. The molecule has 0 bridgehead atoms. The minimum Gasteiger partial charge on any atom is -0.393 e. The molecule has 18 heavy (non-hydrogen) atoms. The third kappa shape index (κ3) is 2.76. The van der Waals surface area contributed by atoms with E-state index in [0.29, 0.717) is 5.92 Å². The van der Waals surface area contributed by atoms with E-state index < -0.39 is 0 Å². The number of aliphatic hydroxyl groups is 1. The zero-order valence-electron chi connectivity index (χ0n) is 10.2. The number of carbonyl (C=O) groups is 1. The molecule has 2 rings (SSSR count). The van der Waals surface area contributed by atoms with Crippen LogP contribution in [-0.2, 0) is 0 Å². The first-order valence-electron chi connectivity index (χ1n) is 6.13. The van der Waals surface area contributed by atoms with Gasteiger partial charge in [0.15, 0.2) is 0 Å². The van der Waals surface area contributed by atoms with Gasteiger partial charge in [0.25, 0.3) is 11.5 Å². The molecule has 3 N–H and O–H groups in total. The van der Waals surface area contributed by atoms with Crippen molar-refractivity contribution in [2.75, 3.05) is 0 Å². The lowest BCUT2D eigenvalue weighted by Crippen LogP contribution is -2.46. The molecule has 98 valence electrons. The van der Waals surface area contributed by atoms with Crippen LogP contribution in [0.4, 0.5) is 0 Å². The summed E-state index contributed by atoms with van der Waals surface area (Å²) in [5.74, 6) is 0.0381. The van der Waals surface area contributed by atoms with Crippen molar-refractivity contribution in [3.05, 3.63) is 28.4 Å². The van der Waals surface area contributed by atoms with Gasteiger partial charge in [-0.2, -0.15) is 0 Å². The Morgan fingerprint density at radius 1 is 1.67 bits per heavy atom. The average Bonchev–Trinajstić information content (AvgIpc) is 2.33. The number of amides is 1. The van der Waals surface area contributed by atoms with Crippen LogP contribution >= 0.6 is 0 Å². The lowest BCUT2D eigenvalue weighted by atomic mass is 9.76. The van der Waals surface area contributed by atoms with Gasteiger partial charge in [0.2, 0.25) is 0 Å². The third-order valence-corrected chi connectivity index (χ3v) is 3.38. The molecule has 1 heterocycles. The number of aromatic amines is 1. The zero-order chi connectivity index (χ0) is 13.1. The van der Waals surface area contributed by atoms with Crippen LogP contribution in [0.1, 0.15) is 36.7 Å². The fraction of sp³-hybridized carbons (Fsp3) is 0.583. The number of hydrogen-bond acceptors (Lipinski definition) is 4. The number of H-pyrrole nitrogens is 1. The molecule has 0 saturated heterocycles. The molecule has 6 heteroatoms. The van der Waals surface area contributed by atoms with Gasteiger partial charge in [0.05, 0.1) is 12.3 Å². The van der Waals surface area contributed by atoms with Crippen LogP contribution in [0.15, 0.2) is 17.2 Å². The monoisotopic (exact) mass is 251 g/mol. The molecular formula is C12H17N3O3. The Labute approximate surface area is 104 Å². The maximum Gasteiger partial charge on any atom is 0.271 e. The number of aromatic nitrogens is 2. The number of aliphatic hydroxyl groups excluding tert-OH is 1. The highest BCUT2D eigenvalue weighted by molar-refractivity contribution is 5.92. The van der Waals surface area contributed by atoms with E-state index in [2.05, 4.69) is 15.3 Å². The Kier molecular flexibility index (Phi) is 3.76. The quantitative estimate of drug-likeness (QED) is 0.704. The van der Waals surface area contributed by atoms with Crippen molar-refractivity contribution in [3.8, 4) is 0 Å². The second-order valence-corrected chi connectivity index (χ2v) is 4.67. The summed E-state index contributed by atoms with van der Waals surface area (Å²) in [4.78, 5) is 28.9. The minimum atomic E-state index is -0.333. The molecule has 1 aliphatic carbocycles. The molecule has 0 aromatic carbocycles. The largest absolute Gasteiger partial charge is 0.393 e. The van der Waals surface area contributed by atoms with Gasteiger partial charge >= 0.3 is 0 Å². The molecule has 0 radical (unpaired) electrons. The van der Waals surface area contributed by atoms with Gasteiger partial charge in [0.1, 0.15) is 5.69 Å². The van der Waals surface area contributed by atoms with Gasteiger partial charge in [-0.3, -0.25) is 9.59 Å². The first kappa shape index (κ1) is 12.8. The fourth-order valence-corrected chi connectivity index (χ4v) is 2.22. The van der Waals surface area contributed by atoms with Gasteiger partial charge in [0, 0.05) is 12.2 Å². The fourth-order valence-electron chi connectivity index (χ4n) is 2.22. The highest BCUT2D eigenvalue weighted by Gasteiger charge is 2.33. The van der Waals surface area contributed by atoms with Crippen LogP contribution in [0, 0.1) is 5.92 Å². The minimum absolute atomic E-state index is 0.0506. The van der Waals surface area contributed by atoms with Crippen molar-refractivity contribution in [2.24, 2.45) is 5.92 Å². The lowest BCUT2D eigenvalue weighted by molar-refractivity contribution is 0.0232. The molecule has 1 atom stereocenters. The highest BCUT2D eigenvalue weighted by atomic mass is 16.3. The van der Waals surface area contributed by atoms with E-state index in [1.165, 1.54) is 6.20 Å². The molecule has 1 fully saturated rings. The number of carbonyl (C=O) groups excluding carboxylic acids is 1. The number of rotatable bonds is 4. The van der Waals surface area contributed by atoms with Crippen molar-refractivity contribution >= 4 is 5.91 Å². The SMILES string of the molecule is CC[C@H](NC(=O)c1c[nH]c(=O)cn1)C1CC(O)C1. The summed E-state index contributed by atoms with van der Waals surface area (Å²) in [5.41, 5.74) is -0.131. The van der Waals surface area contributed by atoms with Gasteiger partial charge in [-0.15, -0.1) is 0 Å². The van der Waals surface area contributed by atoms with E-state index in [1.54, 1.807) is 0 Å². The molecule has 0 spiro atoms. The number of nitrogens with one attached hydrogen (secondary N) is 2. The van der Waals surface area contributed by atoms with E-state index in [-0.39, 0.29) is 29.3 Å². The lowest BCUT2D eigenvalue weighted by Gasteiger charge is -2.37. The summed E-state index contributed by atoms with van der Waals surface area (Å²) in [7, 11) is 0. The normalized spacial score (nSPS) is 24.1. The van der Waals surface area contributed by atoms with Gasteiger partial charge in [-0.05, 0) is 25.2 Å². The topological polar surface area (TPSA) is 95.1 Å². The van der Waals surface area contributed by atoms with Crippen molar-refractivity contribution in [1.82, 2.24) is 15.3 Å². The van der Waals surface area contributed by atoms with Crippen LogP contribution < -0.4 is 10.9 Å². The summed E-state index contributed by atoms with van der Waals surface area (Å²) >= 11 is 0. The Balaban J connectivity index is 1.97.